The SMILES string of the molecule is Cc1ccc(COc2ccc(/C=C3\C(=O)NC(=O)N(c4ccc(C(=O)O)cc4)C3=O)cc2Br)cc1. The summed E-state index contributed by atoms with van der Waals surface area (Å²) in [6.45, 7) is 2.38. The summed E-state index contributed by atoms with van der Waals surface area (Å²) < 4.78 is 6.48. The molecule has 3 aromatic carbocycles. The van der Waals surface area contributed by atoms with Gasteiger partial charge in [-0.1, -0.05) is 35.9 Å². The maximum Gasteiger partial charge on any atom is 0.335 e. The third kappa shape index (κ3) is 5.30. The third-order valence-corrected chi connectivity index (χ3v) is 5.88. The van der Waals surface area contributed by atoms with Crippen molar-refractivity contribution in [3.05, 3.63) is 99.0 Å². The Morgan fingerprint density at radius 2 is 1.71 bits per heavy atom. The van der Waals surface area contributed by atoms with E-state index in [0.717, 1.165) is 16.0 Å². The van der Waals surface area contributed by atoms with Crippen molar-refractivity contribution >= 4 is 51.5 Å². The normalized spacial score (nSPS) is 14.7. The summed E-state index contributed by atoms with van der Waals surface area (Å²) in [4.78, 5) is 49.6. The first-order valence-corrected chi connectivity index (χ1v) is 11.2. The van der Waals surface area contributed by atoms with E-state index >= 15 is 0 Å². The van der Waals surface area contributed by atoms with Gasteiger partial charge in [0.1, 0.15) is 17.9 Å². The average Bonchev–Trinajstić information content (AvgIpc) is 2.82. The number of benzene rings is 3. The minimum Gasteiger partial charge on any atom is -0.488 e. The number of barbiturate groups is 1. The van der Waals surface area contributed by atoms with Gasteiger partial charge in [0.25, 0.3) is 11.8 Å². The van der Waals surface area contributed by atoms with E-state index in [4.69, 9.17) is 9.84 Å². The molecule has 1 heterocycles. The Bertz CT molecular complexity index is 1360. The Hall–Kier alpha value is -4.24. The molecule has 0 unspecified atom stereocenters. The second kappa shape index (κ2) is 9.94. The molecule has 0 saturated carbocycles. The molecule has 0 radical (unpaired) electrons. The van der Waals surface area contributed by atoms with Crippen LogP contribution in [0.4, 0.5) is 10.5 Å². The number of aryl methyl sites for hydroxylation is 1. The van der Waals surface area contributed by atoms with E-state index in [2.05, 4.69) is 21.2 Å². The van der Waals surface area contributed by atoms with Crippen molar-refractivity contribution in [2.75, 3.05) is 4.90 Å². The number of carbonyl (C=O) groups excluding carboxylic acids is 3. The first-order valence-electron chi connectivity index (χ1n) is 10.5. The molecule has 2 N–H and O–H groups in total. The van der Waals surface area contributed by atoms with Crippen LogP contribution in [0.2, 0.25) is 0 Å². The fourth-order valence-electron chi connectivity index (χ4n) is 3.38. The molecule has 4 rings (SSSR count). The molecule has 0 bridgehead atoms. The van der Waals surface area contributed by atoms with Crippen molar-refractivity contribution < 1.29 is 29.0 Å². The average molecular weight is 535 g/mol. The van der Waals surface area contributed by atoms with E-state index in [1.54, 1.807) is 18.2 Å². The molecule has 0 aliphatic carbocycles. The van der Waals surface area contributed by atoms with Crippen LogP contribution in [0.15, 0.2) is 76.8 Å². The van der Waals surface area contributed by atoms with Crippen molar-refractivity contribution in [1.29, 1.82) is 0 Å². The predicted octanol–water partition coefficient (Wildman–Crippen LogP) is 4.70. The Morgan fingerprint density at radius 1 is 1.03 bits per heavy atom. The van der Waals surface area contributed by atoms with Crippen LogP contribution in [0, 0.1) is 6.92 Å². The zero-order valence-corrected chi connectivity index (χ0v) is 20.0. The van der Waals surface area contributed by atoms with Crippen LogP contribution in [0.5, 0.6) is 5.75 Å². The summed E-state index contributed by atoms with van der Waals surface area (Å²) in [5.74, 6) is -2.20. The molecule has 8 nitrogen and oxygen atoms in total. The Labute approximate surface area is 209 Å². The molecule has 35 heavy (non-hydrogen) atoms. The van der Waals surface area contributed by atoms with Gasteiger partial charge in [0.15, 0.2) is 0 Å². The highest BCUT2D eigenvalue weighted by molar-refractivity contribution is 9.10. The van der Waals surface area contributed by atoms with Crippen molar-refractivity contribution in [1.82, 2.24) is 5.32 Å². The highest BCUT2D eigenvalue weighted by Gasteiger charge is 2.36. The molecule has 1 aliphatic rings. The summed E-state index contributed by atoms with van der Waals surface area (Å²) in [5, 5.41) is 11.2. The van der Waals surface area contributed by atoms with Gasteiger partial charge in [0.05, 0.1) is 15.7 Å². The number of rotatable bonds is 6. The smallest absolute Gasteiger partial charge is 0.335 e. The summed E-state index contributed by atoms with van der Waals surface area (Å²) in [6, 6.07) is 17.3. The number of halogens is 1. The number of urea groups is 1. The number of imide groups is 2. The number of nitrogens with zero attached hydrogens (tertiary/aromatic N) is 1. The molecule has 176 valence electrons. The van der Waals surface area contributed by atoms with E-state index in [1.807, 2.05) is 31.2 Å². The van der Waals surface area contributed by atoms with Crippen LogP contribution in [-0.2, 0) is 16.2 Å². The van der Waals surface area contributed by atoms with Gasteiger partial charge in [-0.15, -0.1) is 0 Å². The Kier molecular flexibility index (Phi) is 6.79. The molecule has 0 aromatic heterocycles. The van der Waals surface area contributed by atoms with Crippen LogP contribution < -0.4 is 15.0 Å². The van der Waals surface area contributed by atoms with Crippen LogP contribution in [-0.4, -0.2) is 28.9 Å². The third-order valence-electron chi connectivity index (χ3n) is 5.26. The highest BCUT2D eigenvalue weighted by atomic mass is 79.9. The molecule has 9 heteroatoms. The van der Waals surface area contributed by atoms with Crippen LogP contribution in [0.25, 0.3) is 6.08 Å². The lowest BCUT2D eigenvalue weighted by Gasteiger charge is -2.26. The van der Waals surface area contributed by atoms with Gasteiger partial charge in [0, 0.05) is 0 Å². The minimum atomic E-state index is -1.14. The Balaban J connectivity index is 1.55. The lowest BCUT2D eigenvalue weighted by Crippen LogP contribution is -2.54. The monoisotopic (exact) mass is 534 g/mol. The van der Waals surface area contributed by atoms with Crippen LogP contribution in [0.1, 0.15) is 27.0 Å². The number of hydrogen-bond acceptors (Lipinski definition) is 5. The number of amides is 4. The molecular formula is C26H19BrN2O6. The van der Waals surface area contributed by atoms with E-state index in [-0.39, 0.29) is 16.8 Å². The minimum absolute atomic E-state index is 0.00000407. The van der Waals surface area contributed by atoms with E-state index < -0.39 is 23.8 Å². The highest BCUT2D eigenvalue weighted by Crippen LogP contribution is 2.29. The molecule has 0 spiro atoms. The number of aromatic carboxylic acids is 1. The van der Waals surface area contributed by atoms with Gasteiger partial charge >= 0.3 is 12.0 Å². The largest absolute Gasteiger partial charge is 0.488 e. The number of anilines is 1. The molecule has 3 aromatic rings. The lowest BCUT2D eigenvalue weighted by molar-refractivity contribution is -0.122. The lowest BCUT2D eigenvalue weighted by atomic mass is 10.1. The zero-order valence-electron chi connectivity index (χ0n) is 18.4. The van der Waals surface area contributed by atoms with E-state index in [1.165, 1.54) is 30.3 Å². The number of ether oxygens (including phenoxy) is 1. The Morgan fingerprint density at radius 3 is 2.34 bits per heavy atom. The number of carboxylic acids is 1. The second-order valence-electron chi connectivity index (χ2n) is 7.77. The fraction of sp³-hybridized carbons (Fsp3) is 0.0769. The molecule has 1 saturated heterocycles. The molecule has 1 fully saturated rings. The maximum absolute atomic E-state index is 13.0. The zero-order chi connectivity index (χ0) is 25.1. The van der Waals surface area contributed by atoms with Crippen molar-refractivity contribution in [2.24, 2.45) is 0 Å². The number of nitrogens with one attached hydrogen (secondary N) is 1. The van der Waals surface area contributed by atoms with Crippen molar-refractivity contribution in [3.8, 4) is 5.75 Å². The molecule has 4 amide bonds. The molecule has 1 aliphatic heterocycles. The summed E-state index contributed by atoms with van der Waals surface area (Å²) in [6.07, 6.45) is 1.37. The van der Waals surface area contributed by atoms with Crippen molar-refractivity contribution in [3.63, 3.8) is 0 Å². The standard InChI is InChI=1S/C26H19BrN2O6/c1-15-2-4-16(5-3-15)14-35-22-11-6-17(13-21(22)27)12-20-23(30)28-26(34)29(24(20)31)19-9-7-18(8-10-19)25(32)33/h2-13H,14H2,1H3,(H,32,33)(H,28,30,34)/b20-12+. The summed E-state index contributed by atoms with van der Waals surface area (Å²) in [7, 11) is 0. The van der Waals surface area contributed by atoms with E-state index in [0.29, 0.717) is 22.4 Å². The quantitative estimate of drug-likeness (QED) is 0.350. The molecule has 0 atom stereocenters. The topological polar surface area (TPSA) is 113 Å². The van der Waals surface area contributed by atoms with Crippen LogP contribution in [0.3, 0.4) is 0 Å². The van der Waals surface area contributed by atoms with Gasteiger partial charge in [-0.2, -0.15) is 0 Å². The summed E-state index contributed by atoms with van der Waals surface area (Å²) in [5.41, 5.74) is 2.60. The number of carbonyl (C=O) groups is 4. The number of carboxylic acid groups (broad SMARTS) is 1. The predicted molar refractivity (Wildman–Crippen MR) is 132 cm³/mol. The van der Waals surface area contributed by atoms with Gasteiger partial charge in [-0.25, -0.2) is 14.5 Å². The van der Waals surface area contributed by atoms with Crippen molar-refractivity contribution in [2.45, 2.75) is 13.5 Å². The first-order chi connectivity index (χ1) is 16.7. The van der Waals surface area contributed by atoms with Gasteiger partial charge in [-0.05, 0) is 76.5 Å². The van der Waals surface area contributed by atoms with Gasteiger partial charge in [0.2, 0.25) is 0 Å². The molecular weight excluding hydrogens is 516 g/mol. The van der Waals surface area contributed by atoms with Gasteiger partial charge in [-0.3, -0.25) is 14.9 Å². The summed E-state index contributed by atoms with van der Waals surface area (Å²) >= 11 is 3.45. The first kappa shape index (κ1) is 23.9. The fourth-order valence-corrected chi connectivity index (χ4v) is 3.89. The number of hydrogen-bond donors (Lipinski definition) is 2. The second-order valence-corrected chi connectivity index (χ2v) is 8.63. The van der Waals surface area contributed by atoms with Gasteiger partial charge < -0.3 is 9.84 Å². The maximum atomic E-state index is 13.0. The van der Waals surface area contributed by atoms with E-state index in [9.17, 15) is 19.2 Å². The van der Waals surface area contributed by atoms with Crippen LogP contribution >= 0.6 is 15.9 Å².